The van der Waals surface area contributed by atoms with Crippen molar-refractivity contribution in [2.75, 3.05) is 0 Å². The van der Waals surface area contributed by atoms with Crippen molar-refractivity contribution >= 4 is 16.0 Å². The molecule has 0 amide bonds. The first kappa shape index (κ1) is 15.8. The zero-order chi connectivity index (χ0) is 16.6. The fourth-order valence-electron chi connectivity index (χ4n) is 2.53. The molecular weight excluding hydrogens is 318 g/mol. The lowest BCUT2D eigenvalue weighted by Crippen LogP contribution is -2.33. The summed E-state index contributed by atoms with van der Waals surface area (Å²) >= 11 is 0. The van der Waals surface area contributed by atoms with Gasteiger partial charge >= 0.3 is 5.97 Å². The lowest BCUT2D eigenvalue weighted by atomic mass is 10.1. The molecule has 0 spiro atoms. The van der Waals surface area contributed by atoms with E-state index in [2.05, 4.69) is 0 Å². The van der Waals surface area contributed by atoms with Crippen LogP contribution < -0.4 is 0 Å². The molecule has 1 heterocycles. The van der Waals surface area contributed by atoms with E-state index in [-0.39, 0.29) is 23.0 Å². The van der Waals surface area contributed by atoms with E-state index in [1.807, 2.05) is 0 Å². The molecule has 0 bridgehead atoms. The number of carboxylic acid groups (broad SMARTS) is 1. The average Bonchev–Trinajstić information content (AvgIpc) is 3.20. The minimum atomic E-state index is -3.69. The Bertz CT molecular complexity index is 822. The van der Waals surface area contributed by atoms with Gasteiger partial charge in [-0.2, -0.15) is 4.31 Å². The Kier molecular flexibility index (Phi) is 3.99. The molecule has 1 saturated carbocycles. The summed E-state index contributed by atoms with van der Waals surface area (Å²) in [6.45, 7) is 1.87. The molecule has 0 radical (unpaired) electrons. The van der Waals surface area contributed by atoms with Gasteiger partial charge in [0.2, 0.25) is 10.0 Å². The standard InChI is InChI=1S/C16H17NO5S/c1-11-8-13(16(18)19)2-5-15(11)23(20,21)17(14-3-4-14)9-12-6-7-22-10-12/h2,5-8,10,14H,3-4,9H2,1H3,(H,18,19). The van der Waals surface area contributed by atoms with Crippen molar-refractivity contribution in [3.63, 3.8) is 0 Å². The summed E-state index contributed by atoms with van der Waals surface area (Å²) in [5.41, 5.74) is 1.30. The van der Waals surface area contributed by atoms with Crippen molar-refractivity contribution in [1.29, 1.82) is 0 Å². The van der Waals surface area contributed by atoms with E-state index in [1.165, 1.54) is 35.0 Å². The van der Waals surface area contributed by atoms with Gasteiger partial charge in [-0.3, -0.25) is 0 Å². The second-order valence-electron chi connectivity index (χ2n) is 5.70. The third-order valence-electron chi connectivity index (χ3n) is 3.88. The first-order valence-corrected chi connectivity index (χ1v) is 8.70. The number of furan rings is 1. The first-order chi connectivity index (χ1) is 10.9. The summed E-state index contributed by atoms with van der Waals surface area (Å²) in [7, 11) is -3.69. The minimum Gasteiger partial charge on any atom is -0.478 e. The Morgan fingerprint density at radius 2 is 2.09 bits per heavy atom. The number of aryl methyl sites for hydroxylation is 1. The number of aromatic carboxylic acids is 1. The molecule has 0 aliphatic heterocycles. The number of rotatable bonds is 6. The summed E-state index contributed by atoms with van der Waals surface area (Å²) in [5, 5.41) is 9.01. The van der Waals surface area contributed by atoms with Gasteiger partial charge in [0.1, 0.15) is 0 Å². The van der Waals surface area contributed by atoms with Gasteiger partial charge < -0.3 is 9.52 Å². The molecule has 23 heavy (non-hydrogen) atoms. The quantitative estimate of drug-likeness (QED) is 0.877. The third kappa shape index (κ3) is 3.16. The number of hydrogen-bond donors (Lipinski definition) is 1. The summed E-state index contributed by atoms with van der Waals surface area (Å²) < 4.78 is 32.5. The van der Waals surface area contributed by atoms with Gasteiger partial charge in [0, 0.05) is 18.2 Å². The second kappa shape index (κ2) is 5.82. The molecule has 1 aromatic carbocycles. The van der Waals surface area contributed by atoms with Crippen LogP contribution in [0.3, 0.4) is 0 Å². The first-order valence-electron chi connectivity index (χ1n) is 7.26. The van der Waals surface area contributed by atoms with E-state index < -0.39 is 16.0 Å². The highest BCUT2D eigenvalue weighted by molar-refractivity contribution is 7.89. The molecule has 1 N–H and O–H groups in total. The molecule has 1 aliphatic carbocycles. The van der Waals surface area contributed by atoms with Crippen molar-refractivity contribution in [3.05, 3.63) is 53.5 Å². The van der Waals surface area contributed by atoms with Crippen LogP contribution in [0.15, 0.2) is 46.1 Å². The maximum Gasteiger partial charge on any atom is 0.335 e. The maximum atomic E-state index is 13.0. The number of sulfonamides is 1. The van der Waals surface area contributed by atoms with E-state index in [1.54, 1.807) is 13.0 Å². The smallest absolute Gasteiger partial charge is 0.335 e. The van der Waals surface area contributed by atoms with Gasteiger partial charge in [-0.15, -0.1) is 0 Å². The van der Waals surface area contributed by atoms with Gasteiger partial charge in [0.15, 0.2) is 0 Å². The Labute approximate surface area is 134 Å². The highest BCUT2D eigenvalue weighted by Gasteiger charge is 2.38. The van der Waals surface area contributed by atoms with Gasteiger partial charge in [-0.25, -0.2) is 13.2 Å². The number of carboxylic acids is 1. The van der Waals surface area contributed by atoms with E-state index in [9.17, 15) is 13.2 Å². The summed E-state index contributed by atoms with van der Waals surface area (Å²) in [6.07, 6.45) is 4.72. The highest BCUT2D eigenvalue weighted by atomic mass is 32.2. The maximum absolute atomic E-state index is 13.0. The van der Waals surface area contributed by atoms with Crippen LogP contribution in [0.2, 0.25) is 0 Å². The van der Waals surface area contributed by atoms with Crippen molar-refractivity contribution in [2.24, 2.45) is 0 Å². The molecular formula is C16H17NO5S. The lowest BCUT2D eigenvalue weighted by molar-refractivity contribution is 0.0696. The van der Waals surface area contributed by atoms with Crippen LogP contribution in [0.4, 0.5) is 0 Å². The van der Waals surface area contributed by atoms with Crippen molar-refractivity contribution < 1.29 is 22.7 Å². The largest absolute Gasteiger partial charge is 0.478 e. The molecule has 0 unspecified atom stereocenters. The van der Waals surface area contributed by atoms with E-state index >= 15 is 0 Å². The van der Waals surface area contributed by atoms with Crippen LogP contribution in [0, 0.1) is 6.92 Å². The SMILES string of the molecule is Cc1cc(C(=O)O)ccc1S(=O)(=O)N(Cc1ccoc1)C1CC1. The fraction of sp³-hybridized carbons (Fsp3) is 0.312. The molecule has 6 nitrogen and oxygen atoms in total. The van der Waals surface area contributed by atoms with Crippen LogP contribution >= 0.6 is 0 Å². The number of carbonyl (C=O) groups is 1. The van der Waals surface area contributed by atoms with Gasteiger partial charge in [0.05, 0.1) is 23.0 Å². The monoisotopic (exact) mass is 335 g/mol. The number of hydrogen-bond acceptors (Lipinski definition) is 4. The zero-order valence-corrected chi connectivity index (χ0v) is 13.4. The molecule has 1 aliphatic rings. The van der Waals surface area contributed by atoms with Crippen LogP contribution in [0.1, 0.15) is 34.3 Å². The Hall–Kier alpha value is -2.12. The van der Waals surface area contributed by atoms with Crippen LogP contribution in [0.25, 0.3) is 0 Å². The van der Waals surface area contributed by atoms with Crippen molar-refractivity contribution in [2.45, 2.75) is 37.2 Å². The van der Waals surface area contributed by atoms with E-state index in [0.29, 0.717) is 5.56 Å². The fourth-order valence-corrected chi connectivity index (χ4v) is 4.41. The molecule has 1 aromatic heterocycles. The Balaban J connectivity index is 1.96. The second-order valence-corrected chi connectivity index (χ2v) is 7.56. The Morgan fingerprint density at radius 1 is 1.35 bits per heavy atom. The summed E-state index contributed by atoms with van der Waals surface area (Å²) in [5.74, 6) is -1.07. The average molecular weight is 335 g/mol. The predicted molar refractivity (Wildman–Crippen MR) is 82.6 cm³/mol. The number of benzene rings is 1. The van der Waals surface area contributed by atoms with Gasteiger partial charge in [0.25, 0.3) is 0 Å². The van der Waals surface area contributed by atoms with Gasteiger partial charge in [-0.1, -0.05) is 0 Å². The predicted octanol–water partition coefficient (Wildman–Crippen LogP) is 2.64. The van der Waals surface area contributed by atoms with E-state index in [4.69, 9.17) is 9.52 Å². The molecule has 122 valence electrons. The molecule has 3 rings (SSSR count). The highest BCUT2D eigenvalue weighted by Crippen LogP contribution is 2.34. The molecule has 7 heteroatoms. The van der Waals surface area contributed by atoms with Crippen molar-refractivity contribution in [1.82, 2.24) is 4.31 Å². The molecule has 1 fully saturated rings. The normalized spacial score (nSPS) is 15.0. The molecule has 0 saturated heterocycles. The Morgan fingerprint density at radius 3 is 2.61 bits per heavy atom. The topological polar surface area (TPSA) is 87.8 Å². The third-order valence-corrected chi connectivity index (χ3v) is 5.94. The van der Waals surface area contributed by atoms with Gasteiger partial charge in [-0.05, 0) is 49.6 Å². The summed E-state index contributed by atoms with van der Waals surface area (Å²) in [6, 6.07) is 5.82. The molecule has 2 aromatic rings. The lowest BCUT2D eigenvalue weighted by Gasteiger charge is -2.22. The zero-order valence-electron chi connectivity index (χ0n) is 12.6. The molecule has 0 atom stereocenters. The van der Waals surface area contributed by atoms with E-state index in [0.717, 1.165) is 18.4 Å². The number of nitrogens with zero attached hydrogens (tertiary/aromatic N) is 1. The minimum absolute atomic E-state index is 0.00606. The summed E-state index contributed by atoms with van der Waals surface area (Å²) in [4.78, 5) is 11.2. The van der Waals surface area contributed by atoms with Crippen molar-refractivity contribution in [3.8, 4) is 0 Å². The van der Waals surface area contributed by atoms with Crippen LogP contribution in [-0.4, -0.2) is 29.8 Å². The van der Waals surface area contributed by atoms with Crippen LogP contribution in [-0.2, 0) is 16.6 Å². The van der Waals surface area contributed by atoms with Crippen LogP contribution in [0.5, 0.6) is 0 Å².